The van der Waals surface area contributed by atoms with Gasteiger partial charge in [0, 0.05) is 6.54 Å². The maximum absolute atomic E-state index is 12.9. The molecule has 0 aliphatic carbocycles. The van der Waals surface area contributed by atoms with Crippen LogP contribution in [-0.4, -0.2) is 39.0 Å². The topological polar surface area (TPSA) is 131 Å². The van der Waals surface area contributed by atoms with Gasteiger partial charge in [0.1, 0.15) is 0 Å². The molecule has 31 heavy (non-hydrogen) atoms. The Kier molecular flexibility index (Phi) is 7.76. The number of nitrogens with one attached hydrogen (secondary N) is 3. The molecular formula is C21H25N3O6S. The summed E-state index contributed by atoms with van der Waals surface area (Å²) in [4.78, 5) is 36.1. The molecule has 2 aromatic carbocycles. The van der Waals surface area contributed by atoms with Gasteiger partial charge in [0.05, 0.1) is 16.1 Å². The molecule has 0 aliphatic heterocycles. The average molecular weight is 448 g/mol. The lowest BCUT2D eigenvalue weighted by atomic mass is 10.2. The van der Waals surface area contributed by atoms with Crippen LogP contribution in [0.4, 0.5) is 10.5 Å². The summed E-state index contributed by atoms with van der Waals surface area (Å²) in [6, 6.07) is 10.2. The fourth-order valence-corrected chi connectivity index (χ4v) is 4.05. The summed E-state index contributed by atoms with van der Waals surface area (Å²) >= 11 is 0. The number of ether oxygens (including phenoxy) is 1. The smallest absolute Gasteiger partial charge is 0.341 e. The Labute approximate surface area is 181 Å². The summed E-state index contributed by atoms with van der Waals surface area (Å²) in [5.74, 6) is -1.73. The molecule has 2 aromatic rings. The van der Waals surface area contributed by atoms with Crippen LogP contribution in [0.1, 0.15) is 35.3 Å². The van der Waals surface area contributed by atoms with Crippen molar-refractivity contribution < 1.29 is 27.5 Å². The van der Waals surface area contributed by atoms with E-state index in [0.717, 1.165) is 5.56 Å². The molecule has 0 radical (unpaired) electrons. The Morgan fingerprint density at radius 1 is 1.06 bits per heavy atom. The van der Waals surface area contributed by atoms with Gasteiger partial charge in [0.15, 0.2) is 6.10 Å². The molecular weight excluding hydrogens is 422 g/mol. The van der Waals surface area contributed by atoms with Gasteiger partial charge in [-0.15, -0.1) is 0 Å². The van der Waals surface area contributed by atoms with Gasteiger partial charge >= 0.3 is 12.0 Å². The Hall–Kier alpha value is -3.40. The molecule has 0 fully saturated rings. The van der Waals surface area contributed by atoms with Crippen molar-refractivity contribution in [3.05, 3.63) is 59.2 Å². The summed E-state index contributed by atoms with van der Waals surface area (Å²) in [6.45, 7) is 6.75. The molecule has 2 rings (SSSR count). The fourth-order valence-electron chi connectivity index (χ4n) is 2.64. The van der Waals surface area contributed by atoms with Gasteiger partial charge in [-0.2, -0.15) is 0 Å². The maximum atomic E-state index is 12.9. The molecule has 1 atom stereocenters. The maximum Gasteiger partial charge on any atom is 0.341 e. The summed E-state index contributed by atoms with van der Waals surface area (Å²) in [5, 5.41) is 4.43. The number of carbonyl (C=O) groups is 3. The predicted octanol–water partition coefficient (Wildman–Crippen LogP) is 2.50. The summed E-state index contributed by atoms with van der Waals surface area (Å²) in [5.41, 5.74) is 1.25. The van der Waals surface area contributed by atoms with Gasteiger partial charge in [-0.1, -0.05) is 24.3 Å². The molecule has 0 heterocycles. The zero-order chi connectivity index (χ0) is 23.2. The predicted molar refractivity (Wildman–Crippen MR) is 115 cm³/mol. The molecule has 0 aromatic heterocycles. The lowest BCUT2D eigenvalue weighted by molar-refractivity contribution is -0.127. The number of amides is 3. The van der Waals surface area contributed by atoms with Crippen LogP contribution < -0.4 is 15.4 Å². The summed E-state index contributed by atoms with van der Waals surface area (Å²) < 4.78 is 33.3. The van der Waals surface area contributed by atoms with E-state index in [0.29, 0.717) is 12.1 Å². The molecule has 0 aliphatic rings. The normalized spacial score (nSPS) is 11.9. The first-order valence-electron chi connectivity index (χ1n) is 9.54. The van der Waals surface area contributed by atoms with Crippen LogP contribution >= 0.6 is 0 Å². The van der Waals surface area contributed by atoms with Crippen LogP contribution in [0.25, 0.3) is 0 Å². The van der Waals surface area contributed by atoms with Gasteiger partial charge in [0.2, 0.25) is 0 Å². The number of urea groups is 1. The van der Waals surface area contributed by atoms with Crippen LogP contribution in [0.5, 0.6) is 0 Å². The number of para-hydroxylation sites is 1. The molecule has 0 unspecified atom stereocenters. The van der Waals surface area contributed by atoms with Crippen LogP contribution in [0, 0.1) is 13.8 Å². The number of benzene rings is 2. The number of anilines is 1. The van der Waals surface area contributed by atoms with Crippen molar-refractivity contribution in [2.75, 3.05) is 11.3 Å². The minimum atomic E-state index is -3.98. The molecule has 166 valence electrons. The average Bonchev–Trinajstić information content (AvgIpc) is 2.69. The lowest BCUT2D eigenvalue weighted by Gasteiger charge is -2.16. The van der Waals surface area contributed by atoms with E-state index in [4.69, 9.17) is 4.74 Å². The van der Waals surface area contributed by atoms with E-state index < -0.39 is 34.0 Å². The highest BCUT2D eigenvalue weighted by Gasteiger charge is 2.24. The van der Waals surface area contributed by atoms with Crippen molar-refractivity contribution in [3.63, 3.8) is 0 Å². The van der Waals surface area contributed by atoms with E-state index in [-0.39, 0.29) is 16.1 Å². The third-order valence-corrected chi connectivity index (χ3v) is 5.76. The van der Waals surface area contributed by atoms with Crippen molar-refractivity contribution in [2.24, 2.45) is 0 Å². The fraction of sp³-hybridized carbons (Fsp3) is 0.286. The highest BCUT2D eigenvalue weighted by molar-refractivity contribution is 7.92. The van der Waals surface area contributed by atoms with Crippen molar-refractivity contribution in [2.45, 2.75) is 38.7 Å². The molecule has 0 spiro atoms. The van der Waals surface area contributed by atoms with Crippen LogP contribution in [-0.2, 0) is 19.6 Å². The molecule has 0 bridgehead atoms. The Morgan fingerprint density at radius 3 is 2.42 bits per heavy atom. The van der Waals surface area contributed by atoms with Crippen molar-refractivity contribution in [1.82, 2.24) is 10.6 Å². The molecule has 0 saturated heterocycles. The van der Waals surface area contributed by atoms with Gasteiger partial charge in [-0.25, -0.2) is 18.0 Å². The zero-order valence-corrected chi connectivity index (χ0v) is 18.5. The van der Waals surface area contributed by atoms with E-state index in [2.05, 4.69) is 10.0 Å². The minimum Gasteiger partial charge on any atom is -0.449 e. The number of carbonyl (C=O) groups excluding carboxylic acids is 3. The first-order valence-corrected chi connectivity index (χ1v) is 11.0. The monoisotopic (exact) mass is 447 g/mol. The van der Waals surface area contributed by atoms with Gasteiger partial charge in [0.25, 0.3) is 15.9 Å². The SMILES string of the molecule is CCNC(=O)NC(=O)[C@@H](C)OC(=O)c1ccccc1NS(=O)(=O)c1cc(C)ccc1C. The van der Waals surface area contributed by atoms with E-state index in [9.17, 15) is 22.8 Å². The zero-order valence-electron chi connectivity index (χ0n) is 17.7. The number of rotatable bonds is 7. The molecule has 0 saturated carbocycles. The second kappa shape index (κ2) is 10.1. The second-order valence-corrected chi connectivity index (χ2v) is 8.47. The van der Waals surface area contributed by atoms with E-state index >= 15 is 0 Å². The first-order chi connectivity index (χ1) is 14.5. The third kappa shape index (κ3) is 6.29. The van der Waals surface area contributed by atoms with Crippen LogP contribution in [0.15, 0.2) is 47.4 Å². The number of esters is 1. The van der Waals surface area contributed by atoms with E-state index in [1.807, 2.05) is 5.32 Å². The van der Waals surface area contributed by atoms with Crippen LogP contribution in [0.2, 0.25) is 0 Å². The number of hydrogen-bond acceptors (Lipinski definition) is 6. The lowest BCUT2D eigenvalue weighted by Crippen LogP contribution is -2.44. The standard InChI is InChI=1S/C21H25N3O6S/c1-5-22-21(27)23-19(25)15(4)30-20(26)16-8-6-7-9-17(16)24-31(28,29)18-12-13(2)10-11-14(18)3/h6-12,15,24H,5H2,1-4H3,(H2,22,23,25,27)/t15-/m1/s1. The molecule has 10 heteroatoms. The quantitative estimate of drug-likeness (QED) is 0.559. The molecule has 3 N–H and O–H groups in total. The number of aryl methyl sites for hydroxylation is 2. The van der Waals surface area contributed by atoms with Crippen molar-refractivity contribution in [1.29, 1.82) is 0 Å². The summed E-state index contributed by atoms with van der Waals surface area (Å²) in [6.07, 6.45) is -1.28. The number of hydrogen-bond donors (Lipinski definition) is 3. The highest BCUT2D eigenvalue weighted by atomic mass is 32.2. The first kappa shape index (κ1) is 23.9. The van der Waals surface area contributed by atoms with E-state index in [1.54, 1.807) is 39.0 Å². The van der Waals surface area contributed by atoms with Gasteiger partial charge in [-0.3, -0.25) is 14.8 Å². The molecule has 9 nitrogen and oxygen atoms in total. The van der Waals surface area contributed by atoms with Gasteiger partial charge < -0.3 is 10.1 Å². The largest absolute Gasteiger partial charge is 0.449 e. The highest BCUT2D eigenvalue weighted by Crippen LogP contribution is 2.24. The van der Waals surface area contributed by atoms with Crippen LogP contribution in [0.3, 0.4) is 0 Å². The summed E-state index contributed by atoms with van der Waals surface area (Å²) in [7, 11) is -3.98. The van der Waals surface area contributed by atoms with Crippen molar-refractivity contribution >= 4 is 33.6 Å². The number of sulfonamides is 1. The van der Waals surface area contributed by atoms with Crippen molar-refractivity contribution in [3.8, 4) is 0 Å². The minimum absolute atomic E-state index is 0.00439. The Balaban J connectivity index is 2.21. The Morgan fingerprint density at radius 2 is 1.74 bits per heavy atom. The van der Waals surface area contributed by atoms with Gasteiger partial charge in [-0.05, 0) is 57.0 Å². The number of imide groups is 1. The second-order valence-electron chi connectivity index (χ2n) is 6.82. The third-order valence-electron chi connectivity index (χ3n) is 4.25. The molecule has 3 amide bonds. The Bertz CT molecular complexity index is 1100. The van der Waals surface area contributed by atoms with E-state index in [1.165, 1.54) is 31.2 Å².